The predicted molar refractivity (Wildman–Crippen MR) is 98.2 cm³/mol. The van der Waals surface area contributed by atoms with E-state index in [4.69, 9.17) is 9.47 Å². The van der Waals surface area contributed by atoms with Crippen molar-refractivity contribution < 1.29 is 14.3 Å². The molecule has 26 heavy (non-hydrogen) atoms. The van der Waals surface area contributed by atoms with Crippen LogP contribution in [0, 0.1) is 5.92 Å². The van der Waals surface area contributed by atoms with Crippen LogP contribution in [-0.4, -0.2) is 48.1 Å². The number of benzene rings is 1. The van der Waals surface area contributed by atoms with Gasteiger partial charge >= 0.3 is 0 Å². The number of nitrogens with zero attached hydrogens (tertiary/aromatic N) is 2. The lowest BCUT2D eigenvalue weighted by atomic mass is 9.81. The number of methoxy groups -OCH3 is 1. The number of hydrogen-bond acceptors (Lipinski definition) is 5. The molecule has 2 fully saturated rings. The van der Waals surface area contributed by atoms with Crippen LogP contribution in [0.1, 0.15) is 28.9 Å². The third-order valence-corrected chi connectivity index (χ3v) is 5.47. The fourth-order valence-electron chi connectivity index (χ4n) is 4.11. The molecule has 0 saturated carbocycles. The van der Waals surface area contributed by atoms with Crippen LogP contribution in [0.15, 0.2) is 48.7 Å². The van der Waals surface area contributed by atoms with Crippen LogP contribution in [0.2, 0.25) is 0 Å². The maximum absolute atomic E-state index is 12.9. The third kappa shape index (κ3) is 3.50. The molecule has 2 aromatic rings. The first-order valence-corrected chi connectivity index (χ1v) is 9.16. The van der Waals surface area contributed by atoms with Gasteiger partial charge < -0.3 is 9.47 Å². The second kappa shape index (κ2) is 7.56. The molecule has 2 bridgehead atoms. The van der Waals surface area contributed by atoms with E-state index in [-0.39, 0.29) is 23.8 Å². The Morgan fingerprint density at radius 1 is 1.15 bits per heavy atom. The summed E-state index contributed by atoms with van der Waals surface area (Å²) in [6.45, 7) is 2.31. The van der Waals surface area contributed by atoms with Gasteiger partial charge in [0.2, 0.25) is 0 Å². The Balaban J connectivity index is 1.47. The van der Waals surface area contributed by atoms with E-state index in [1.165, 1.54) is 5.56 Å². The fraction of sp³-hybridized carbons (Fsp3) is 0.429. The molecule has 0 aliphatic carbocycles. The van der Waals surface area contributed by atoms with Gasteiger partial charge in [0, 0.05) is 24.5 Å². The van der Waals surface area contributed by atoms with E-state index < -0.39 is 0 Å². The summed E-state index contributed by atoms with van der Waals surface area (Å²) < 4.78 is 10.9. The van der Waals surface area contributed by atoms with Gasteiger partial charge in [-0.2, -0.15) is 0 Å². The summed E-state index contributed by atoms with van der Waals surface area (Å²) in [4.78, 5) is 19.7. The molecule has 0 radical (unpaired) electrons. The fourth-order valence-corrected chi connectivity index (χ4v) is 4.11. The smallest absolute Gasteiger partial charge is 0.184 e. The second-order valence-corrected chi connectivity index (χ2v) is 7.12. The van der Waals surface area contributed by atoms with Crippen molar-refractivity contribution in [3.63, 3.8) is 0 Å². The van der Waals surface area contributed by atoms with Gasteiger partial charge in [-0.15, -0.1) is 0 Å². The largest absolute Gasteiger partial charge is 0.495 e. The average molecular weight is 352 g/mol. The van der Waals surface area contributed by atoms with Crippen molar-refractivity contribution in [2.45, 2.75) is 31.5 Å². The van der Waals surface area contributed by atoms with Gasteiger partial charge in [-0.25, -0.2) is 4.98 Å². The van der Waals surface area contributed by atoms with Crippen LogP contribution in [0.25, 0.3) is 0 Å². The Bertz CT molecular complexity index is 734. The van der Waals surface area contributed by atoms with E-state index in [2.05, 4.69) is 34.1 Å². The molecule has 1 aromatic carbocycles. The summed E-state index contributed by atoms with van der Waals surface area (Å²) >= 11 is 0. The lowest BCUT2D eigenvalue weighted by molar-refractivity contribution is -0.0873. The molecule has 2 unspecified atom stereocenters. The Kier molecular flexibility index (Phi) is 5.00. The molecule has 5 heteroatoms. The maximum Gasteiger partial charge on any atom is 0.184 e. The lowest BCUT2D eigenvalue weighted by Gasteiger charge is -2.48. The van der Waals surface area contributed by atoms with E-state index in [9.17, 15) is 4.79 Å². The lowest BCUT2D eigenvalue weighted by Crippen LogP contribution is -2.57. The zero-order chi connectivity index (χ0) is 17.9. The Labute approximate surface area is 153 Å². The Hall–Kier alpha value is -2.24. The van der Waals surface area contributed by atoms with Crippen molar-refractivity contribution in [3.8, 4) is 5.75 Å². The van der Waals surface area contributed by atoms with Gasteiger partial charge in [-0.3, -0.25) is 9.69 Å². The number of piperidine rings is 1. The van der Waals surface area contributed by atoms with Crippen LogP contribution in [0.5, 0.6) is 5.75 Å². The van der Waals surface area contributed by atoms with Gasteiger partial charge in [0.25, 0.3) is 0 Å². The highest BCUT2D eigenvalue weighted by molar-refractivity contribution is 5.96. The molecule has 4 rings (SSSR count). The van der Waals surface area contributed by atoms with Crippen molar-refractivity contribution in [1.82, 2.24) is 9.88 Å². The predicted octanol–water partition coefficient (Wildman–Crippen LogP) is 2.95. The molecule has 2 aliphatic rings. The molecular weight excluding hydrogens is 328 g/mol. The van der Waals surface area contributed by atoms with E-state index in [1.54, 1.807) is 25.4 Å². The summed E-state index contributed by atoms with van der Waals surface area (Å²) in [5.41, 5.74) is 1.84. The van der Waals surface area contributed by atoms with E-state index in [1.807, 2.05) is 6.07 Å². The number of rotatable bonds is 5. The first-order chi connectivity index (χ1) is 12.7. The standard InChI is InChI=1S/C21H24N2O3/c1-25-19-7-8-20(22-11-19)21(24)16-9-17-13-26-14-18(10-16)23(17)12-15-5-3-2-4-6-15/h2-8,11,16-18H,9-10,12-14H2,1H3. The zero-order valence-corrected chi connectivity index (χ0v) is 15.0. The molecule has 2 aliphatic heterocycles. The second-order valence-electron chi connectivity index (χ2n) is 7.12. The summed E-state index contributed by atoms with van der Waals surface area (Å²) in [7, 11) is 1.60. The number of Topliss-reactive ketones (excluding diaryl/α,β-unsaturated/α-hetero) is 1. The Morgan fingerprint density at radius 3 is 2.50 bits per heavy atom. The minimum absolute atomic E-state index is 0.0156. The molecule has 0 spiro atoms. The van der Waals surface area contributed by atoms with Crippen LogP contribution in [0.3, 0.4) is 0 Å². The summed E-state index contributed by atoms with van der Waals surface area (Å²) in [6, 6.07) is 14.7. The number of carbonyl (C=O) groups is 1. The molecule has 3 heterocycles. The van der Waals surface area contributed by atoms with Crippen molar-refractivity contribution in [2.24, 2.45) is 5.92 Å². The molecular formula is C21H24N2O3. The molecule has 2 saturated heterocycles. The number of ether oxygens (including phenoxy) is 2. The number of aromatic nitrogens is 1. The maximum atomic E-state index is 12.9. The van der Waals surface area contributed by atoms with Gasteiger partial charge in [0.05, 0.1) is 26.5 Å². The van der Waals surface area contributed by atoms with Crippen molar-refractivity contribution in [3.05, 3.63) is 59.9 Å². The van der Waals surface area contributed by atoms with Gasteiger partial charge in [-0.1, -0.05) is 30.3 Å². The molecule has 2 atom stereocenters. The van der Waals surface area contributed by atoms with E-state index in [0.717, 1.165) is 19.4 Å². The zero-order valence-electron chi connectivity index (χ0n) is 15.0. The van der Waals surface area contributed by atoms with Crippen LogP contribution in [-0.2, 0) is 11.3 Å². The number of ketones is 1. The highest BCUT2D eigenvalue weighted by Crippen LogP contribution is 2.34. The van der Waals surface area contributed by atoms with Crippen molar-refractivity contribution in [2.75, 3.05) is 20.3 Å². The highest BCUT2D eigenvalue weighted by atomic mass is 16.5. The third-order valence-electron chi connectivity index (χ3n) is 5.47. The number of morpholine rings is 1. The normalized spacial score (nSPS) is 25.7. The molecule has 5 nitrogen and oxygen atoms in total. The van der Waals surface area contributed by atoms with Crippen molar-refractivity contribution in [1.29, 1.82) is 0 Å². The summed E-state index contributed by atoms with van der Waals surface area (Å²) in [5, 5.41) is 0. The van der Waals surface area contributed by atoms with E-state index >= 15 is 0 Å². The summed E-state index contributed by atoms with van der Waals surface area (Å²) in [6.07, 6.45) is 3.27. The van der Waals surface area contributed by atoms with Crippen LogP contribution >= 0.6 is 0 Å². The van der Waals surface area contributed by atoms with Gasteiger partial charge in [0.1, 0.15) is 11.4 Å². The van der Waals surface area contributed by atoms with E-state index in [0.29, 0.717) is 24.7 Å². The molecule has 1 aromatic heterocycles. The van der Waals surface area contributed by atoms with Gasteiger partial charge in [0.15, 0.2) is 5.78 Å². The Morgan fingerprint density at radius 2 is 1.88 bits per heavy atom. The first-order valence-electron chi connectivity index (χ1n) is 9.16. The number of pyridine rings is 1. The molecule has 136 valence electrons. The quantitative estimate of drug-likeness (QED) is 0.775. The molecule has 0 N–H and O–H groups in total. The van der Waals surface area contributed by atoms with Gasteiger partial charge in [-0.05, 0) is 30.5 Å². The average Bonchev–Trinajstić information content (AvgIpc) is 2.68. The van der Waals surface area contributed by atoms with Crippen molar-refractivity contribution >= 4 is 5.78 Å². The number of carbonyl (C=O) groups excluding carboxylic acids is 1. The topological polar surface area (TPSA) is 51.7 Å². The highest BCUT2D eigenvalue weighted by Gasteiger charge is 2.41. The summed E-state index contributed by atoms with van der Waals surface area (Å²) in [5.74, 6) is 0.829. The number of hydrogen-bond donors (Lipinski definition) is 0. The minimum Gasteiger partial charge on any atom is -0.495 e. The first kappa shape index (κ1) is 17.2. The monoisotopic (exact) mass is 352 g/mol. The minimum atomic E-state index is 0.0156. The van der Waals surface area contributed by atoms with Crippen LogP contribution < -0.4 is 4.74 Å². The number of fused-ring (bicyclic) bond motifs is 2. The van der Waals surface area contributed by atoms with Crippen LogP contribution in [0.4, 0.5) is 0 Å². The molecule has 0 amide bonds. The SMILES string of the molecule is COc1ccc(C(=O)C2CC3COCC(C2)N3Cc2ccccc2)nc1.